The third-order valence-corrected chi connectivity index (χ3v) is 5.45. The Bertz CT molecular complexity index is 553. The fourth-order valence-corrected chi connectivity index (χ4v) is 3.96. The second-order valence-corrected chi connectivity index (χ2v) is 7.74. The minimum absolute atomic E-state index is 0.0288. The van der Waals surface area contributed by atoms with E-state index >= 15 is 0 Å². The lowest BCUT2D eigenvalue weighted by atomic mass is 9.89. The summed E-state index contributed by atoms with van der Waals surface area (Å²) >= 11 is 0. The maximum Gasteiger partial charge on any atom is 0.321 e. The molecular weight excluding hydrogens is 312 g/mol. The first-order valence-corrected chi connectivity index (χ1v) is 9.97. The molecule has 1 aliphatic heterocycles. The number of anilines is 1. The molecule has 4 nitrogen and oxygen atoms in total. The SMILES string of the molecule is CC1CCCC(OCc2cccc(NC(=O)N3CCCCCC3)c2)C1. The highest BCUT2D eigenvalue weighted by Gasteiger charge is 2.19. The molecule has 0 aromatic heterocycles. The van der Waals surface area contributed by atoms with Crippen molar-refractivity contribution in [3.05, 3.63) is 29.8 Å². The van der Waals surface area contributed by atoms with Crippen LogP contribution >= 0.6 is 0 Å². The number of nitrogens with one attached hydrogen (secondary N) is 1. The molecule has 1 saturated heterocycles. The van der Waals surface area contributed by atoms with E-state index in [4.69, 9.17) is 4.74 Å². The highest BCUT2D eigenvalue weighted by Crippen LogP contribution is 2.26. The van der Waals surface area contributed by atoms with Crippen LogP contribution in [0.3, 0.4) is 0 Å². The maximum atomic E-state index is 12.5. The number of nitrogens with zero attached hydrogens (tertiary/aromatic N) is 1. The van der Waals surface area contributed by atoms with Crippen LogP contribution in [0.25, 0.3) is 0 Å². The van der Waals surface area contributed by atoms with Crippen LogP contribution in [0.5, 0.6) is 0 Å². The van der Waals surface area contributed by atoms with Gasteiger partial charge in [0.2, 0.25) is 0 Å². The molecule has 0 radical (unpaired) electrons. The largest absolute Gasteiger partial charge is 0.374 e. The summed E-state index contributed by atoms with van der Waals surface area (Å²) in [7, 11) is 0. The van der Waals surface area contributed by atoms with Gasteiger partial charge in [0.25, 0.3) is 0 Å². The van der Waals surface area contributed by atoms with Crippen molar-refractivity contribution < 1.29 is 9.53 Å². The third-order valence-electron chi connectivity index (χ3n) is 5.45. The van der Waals surface area contributed by atoms with Gasteiger partial charge >= 0.3 is 6.03 Å². The van der Waals surface area contributed by atoms with Crippen molar-refractivity contribution in [3.8, 4) is 0 Å². The quantitative estimate of drug-likeness (QED) is 0.816. The maximum absolute atomic E-state index is 12.5. The number of ether oxygens (including phenoxy) is 1. The van der Waals surface area contributed by atoms with Gasteiger partial charge in [0, 0.05) is 18.8 Å². The Balaban J connectivity index is 1.51. The molecule has 3 rings (SSSR count). The van der Waals surface area contributed by atoms with Crippen LogP contribution < -0.4 is 5.32 Å². The summed E-state index contributed by atoms with van der Waals surface area (Å²) in [5, 5.41) is 3.06. The summed E-state index contributed by atoms with van der Waals surface area (Å²) < 4.78 is 6.11. The van der Waals surface area contributed by atoms with E-state index in [1.807, 2.05) is 23.1 Å². The summed E-state index contributed by atoms with van der Waals surface area (Å²) in [5.41, 5.74) is 2.00. The van der Waals surface area contributed by atoms with Crippen molar-refractivity contribution in [1.29, 1.82) is 0 Å². The number of urea groups is 1. The van der Waals surface area contributed by atoms with Crippen LogP contribution in [0.4, 0.5) is 10.5 Å². The van der Waals surface area contributed by atoms with Crippen molar-refractivity contribution in [2.24, 2.45) is 5.92 Å². The van der Waals surface area contributed by atoms with E-state index in [9.17, 15) is 4.79 Å². The second-order valence-electron chi connectivity index (χ2n) is 7.74. The van der Waals surface area contributed by atoms with E-state index in [-0.39, 0.29) is 6.03 Å². The molecule has 2 amide bonds. The van der Waals surface area contributed by atoms with Crippen molar-refractivity contribution in [2.75, 3.05) is 18.4 Å². The molecule has 4 heteroatoms. The number of carbonyl (C=O) groups is 1. The van der Waals surface area contributed by atoms with E-state index < -0.39 is 0 Å². The number of benzene rings is 1. The summed E-state index contributed by atoms with van der Waals surface area (Å²) in [6, 6.07) is 8.11. The monoisotopic (exact) mass is 344 g/mol. The van der Waals surface area contributed by atoms with Crippen LogP contribution in [0, 0.1) is 5.92 Å². The van der Waals surface area contributed by atoms with Gasteiger partial charge in [-0.1, -0.05) is 44.7 Å². The average molecular weight is 344 g/mol. The molecule has 2 fully saturated rings. The van der Waals surface area contributed by atoms with Crippen LogP contribution in [-0.2, 0) is 11.3 Å². The Hall–Kier alpha value is -1.55. The molecule has 2 atom stereocenters. The summed E-state index contributed by atoms with van der Waals surface area (Å²) in [5.74, 6) is 0.776. The van der Waals surface area contributed by atoms with E-state index in [0.29, 0.717) is 12.7 Å². The van der Waals surface area contributed by atoms with Crippen molar-refractivity contribution in [2.45, 2.75) is 71.0 Å². The van der Waals surface area contributed by atoms with Crippen LogP contribution in [0.2, 0.25) is 0 Å². The molecule has 138 valence electrons. The Morgan fingerprint density at radius 2 is 1.96 bits per heavy atom. The van der Waals surface area contributed by atoms with Crippen molar-refractivity contribution >= 4 is 11.7 Å². The summed E-state index contributed by atoms with van der Waals surface area (Å²) in [4.78, 5) is 14.4. The minimum Gasteiger partial charge on any atom is -0.374 e. The van der Waals surface area contributed by atoms with Gasteiger partial charge in [-0.2, -0.15) is 0 Å². The molecule has 0 bridgehead atoms. The van der Waals surface area contributed by atoms with E-state index in [0.717, 1.165) is 43.1 Å². The van der Waals surface area contributed by atoms with Gasteiger partial charge in [0.1, 0.15) is 0 Å². The predicted molar refractivity (Wildman–Crippen MR) is 102 cm³/mol. The van der Waals surface area contributed by atoms with Crippen LogP contribution in [0.1, 0.15) is 63.9 Å². The van der Waals surface area contributed by atoms with Gasteiger partial charge in [0.15, 0.2) is 0 Å². The molecule has 2 unspecified atom stereocenters. The zero-order valence-electron chi connectivity index (χ0n) is 15.5. The number of hydrogen-bond acceptors (Lipinski definition) is 2. The van der Waals surface area contributed by atoms with Gasteiger partial charge in [-0.3, -0.25) is 0 Å². The summed E-state index contributed by atoms with van der Waals surface area (Å²) in [6.45, 7) is 4.68. The number of rotatable bonds is 4. The normalized spacial score (nSPS) is 24.6. The van der Waals surface area contributed by atoms with Gasteiger partial charge < -0.3 is 15.0 Å². The lowest BCUT2D eigenvalue weighted by Gasteiger charge is -2.27. The topological polar surface area (TPSA) is 41.6 Å². The first kappa shape index (κ1) is 18.2. The first-order chi connectivity index (χ1) is 12.2. The number of hydrogen-bond donors (Lipinski definition) is 1. The van der Waals surface area contributed by atoms with Gasteiger partial charge in [-0.25, -0.2) is 4.79 Å². The molecule has 1 aliphatic carbocycles. The Kier molecular flexibility index (Phi) is 6.74. The standard InChI is InChI=1S/C21H32N2O2/c1-17-8-6-11-20(14-17)25-16-18-9-7-10-19(15-18)22-21(24)23-12-4-2-3-5-13-23/h7,9-10,15,17,20H,2-6,8,11-14,16H2,1H3,(H,22,24). The van der Waals surface area contributed by atoms with Crippen LogP contribution in [0.15, 0.2) is 24.3 Å². The third kappa shape index (κ3) is 5.74. The molecule has 1 aromatic carbocycles. The zero-order chi connectivity index (χ0) is 17.5. The minimum atomic E-state index is 0.0288. The number of amides is 2. The molecule has 1 aromatic rings. The Morgan fingerprint density at radius 1 is 1.16 bits per heavy atom. The smallest absolute Gasteiger partial charge is 0.321 e. The Labute approximate surface area is 151 Å². The zero-order valence-corrected chi connectivity index (χ0v) is 15.5. The van der Waals surface area contributed by atoms with Gasteiger partial charge in [-0.15, -0.1) is 0 Å². The lowest BCUT2D eigenvalue weighted by Crippen LogP contribution is -2.35. The first-order valence-electron chi connectivity index (χ1n) is 9.97. The molecule has 2 aliphatic rings. The lowest BCUT2D eigenvalue weighted by molar-refractivity contribution is 0.00468. The molecule has 1 N–H and O–H groups in total. The van der Waals surface area contributed by atoms with E-state index in [1.54, 1.807) is 0 Å². The molecule has 0 spiro atoms. The Morgan fingerprint density at radius 3 is 2.72 bits per heavy atom. The molecule has 1 saturated carbocycles. The summed E-state index contributed by atoms with van der Waals surface area (Å²) in [6.07, 6.45) is 10.0. The van der Waals surface area contributed by atoms with Crippen LogP contribution in [-0.4, -0.2) is 30.1 Å². The predicted octanol–water partition coefficient (Wildman–Crippen LogP) is 5.19. The van der Waals surface area contributed by atoms with E-state index in [2.05, 4.69) is 18.3 Å². The molecule has 25 heavy (non-hydrogen) atoms. The number of likely N-dealkylation sites (tertiary alicyclic amines) is 1. The van der Waals surface area contributed by atoms with Gasteiger partial charge in [-0.05, 0) is 49.3 Å². The average Bonchev–Trinajstić information content (AvgIpc) is 2.90. The van der Waals surface area contributed by atoms with Crippen molar-refractivity contribution in [1.82, 2.24) is 4.90 Å². The van der Waals surface area contributed by atoms with Crippen molar-refractivity contribution in [3.63, 3.8) is 0 Å². The molecule has 1 heterocycles. The highest BCUT2D eigenvalue weighted by atomic mass is 16.5. The van der Waals surface area contributed by atoms with E-state index in [1.165, 1.54) is 38.5 Å². The molecular formula is C21H32N2O2. The van der Waals surface area contributed by atoms with Gasteiger partial charge in [0.05, 0.1) is 12.7 Å². The number of carbonyl (C=O) groups excluding carboxylic acids is 1. The second kappa shape index (κ2) is 9.23. The fourth-order valence-electron chi connectivity index (χ4n) is 3.96. The highest BCUT2D eigenvalue weighted by molar-refractivity contribution is 5.89. The fraction of sp³-hybridized carbons (Fsp3) is 0.667.